The van der Waals surface area contributed by atoms with E-state index in [4.69, 9.17) is 0 Å². The van der Waals surface area contributed by atoms with Gasteiger partial charge in [0.2, 0.25) is 0 Å². The van der Waals surface area contributed by atoms with Gasteiger partial charge in [-0.05, 0) is 42.7 Å². The summed E-state index contributed by atoms with van der Waals surface area (Å²) >= 11 is 0. The Bertz CT molecular complexity index is 677. The van der Waals surface area contributed by atoms with Gasteiger partial charge in [-0.1, -0.05) is 39.0 Å². The van der Waals surface area contributed by atoms with E-state index in [-0.39, 0.29) is 27.6 Å². The van der Waals surface area contributed by atoms with E-state index < -0.39 is 9.84 Å². The predicted molar refractivity (Wildman–Crippen MR) is 87.9 cm³/mol. The molecule has 2 saturated heterocycles. The van der Waals surface area contributed by atoms with Crippen LogP contribution in [0.4, 0.5) is 0 Å². The standard InChI is InChI=1S/C18H24O3S/c1-18(2,3)14-6-4-5-12(9-14)17(19)13-10-15-7-8-16(11-13)22(15,20)21/h4-6,9,13,15-16H,7-8,10-11H2,1-3H3. The predicted octanol–water partition coefficient (Wildman–Crippen LogP) is 3.52. The highest BCUT2D eigenvalue weighted by molar-refractivity contribution is 7.93. The summed E-state index contributed by atoms with van der Waals surface area (Å²) in [5.41, 5.74) is 1.88. The molecule has 2 heterocycles. The summed E-state index contributed by atoms with van der Waals surface area (Å²) in [6.07, 6.45) is 2.49. The molecule has 0 aliphatic carbocycles. The van der Waals surface area contributed by atoms with E-state index in [1.807, 2.05) is 24.3 Å². The SMILES string of the molecule is CC(C)(C)c1cccc(C(=O)C2CC3CCC(C2)S3(=O)=O)c1. The minimum atomic E-state index is -2.96. The molecule has 0 spiro atoms. The van der Waals surface area contributed by atoms with Crippen LogP contribution < -0.4 is 0 Å². The molecule has 2 unspecified atom stereocenters. The number of sulfone groups is 1. The van der Waals surface area contributed by atoms with Gasteiger partial charge in [0.25, 0.3) is 0 Å². The maximum atomic E-state index is 12.8. The first-order valence-corrected chi connectivity index (χ1v) is 9.68. The van der Waals surface area contributed by atoms with Crippen molar-refractivity contribution in [1.82, 2.24) is 0 Å². The lowest BCUT2D eigenvalue weighted by Gasteiger charge is -2.27. The average Bonchev–Trinajstić information content (AvgIpc) is 2.66. The number of carbonyl (C=O) groups is 1. The summed E-state index contributed by atoms with van der Waals surface area (Å²) < 4.78 is 24.3. The van der Waals surface area contributed by atoms with Crippen LogP contribution in [-0.4, -0.2) is 24.7 Å². The number of hydrogen-bond acceptors (Lipinski definition) is 3. The molecular formula is C18H24O3S. The summed E-state index contributed by atoms with van der Waals surface area (Å²) in [7, 11) is -2.96. The van der Waals surface area contributed by atoms with E-state index in [1.54, 1.807) is 0 Å². The quantitative estimate of drug-likeness (QED) is 0.783. The molecule has 2 bridgehead atoms. The first-order chi connectivity index (χ1) is 10.2. The van der Waals surface area contributed by atoms with Crippen LogP contribution in [0.15, 0.2) is 24.3 Å². The highest BCUT2D eigenvalue weighted by Gasteiger charge is 2.48. The molecule has 120 valence electrons. The number of hydrogen-bond donors (Lipinski definition) is 0. The van der Waals surface area contributed by atoms with Crippen molar-refractivity contribution >= 4 is 15.6 Å². The average molecular weight is 320 g/mol. The van der Waals surface area contributed by atoms with Crippen LogP contribution in [0.2, 0.25) is 0 Å². The minimum absolute atomic E-state index is 0.00518. The minimum Gasteiger partial charge on any atom is -0.294 e. The Labute approximate surface area is 133 Å². The molecule has 3 nitrogen and oxygen atoms in total. The third kappa shape index (κ3) is 2.62. The Balaban J connectivity index is 1.84. The molecular weight excluding hydrogens is 296 g/mol. The summed E-state index contributed by atoms with van der Waals surface area (Å²) in [5.74, 6) is -0.00542. The zero-order valence-corrected chi connectivity index (χ0v) is 14.3. The van der Waals surface area contributed by atoms with Crippen LogP contribution in [0, 0.1) is 5.92 Å². The third-order valence-corrected chi connectivity index (χ3v) is 7.93. The van der Waals surface area contributed by atoms with Gasteiger partial charge in [-0.15, -0.1) is 0 Å². The van der Waals surface area contributed by atoms with Crippen molar-refractivity contribution < 1.29 is 13.2 Å². The van der Waals surface area contributed by atoms with E-state index in [9.17, 15) is 13.2 Å². The third-order valence-electron chi connectivity index (χ3n) is 5.22. The Hall–Kier alpha value is -1.16. The van der Waals surface area contributed by atoms with E-state index in [2.05, 4.69) is 20.8 Å². The van der Waals surface area contributed by atoms with Crippen molar-refractivity contribution in [2.24, 2.45) is 5.92 Å². The fourth-order valence-electron chi connectivity index (χ4n) is 3.80. The number of carbonyl (C=O) groups excluding carboxylic acids is 1. The van der Waals surface area contributed by atoms with Gasteiger partial charge < -0.3 is 0 Å². The lowest BCUT2D eigenvalue weighted by atomic mass is 9.84. The molecule has 0 saturated carbocycles. The van der Waals surface area contributed by atoms with Crippen molar-refractivity contribution in [3.8, 4) is 0 Å². The number of Topliss-reactive ketones (excluding diaryl/α,β-unsaturated/α-hetero) is 1. The summed E-state index contributed by atoms with van der Waals surface area (Å²) in [6, 6.07) is 7.82. The Morgan fingerprint density at radius 1 is 1.09 bits per heavy atom. The van der Waals surface area contributed by atoms with Crippen LogP contribution >= 0.6 is 0 Å². The fourth-order valence-corrected chi connectivity index (χ4v) is 6.27. The van der Waals surface area contributed by atoms with Crippen molar-refractivity contribution in [3.63, 3.8) is 0 Å². The smallest absolute Gasteiger partial charge is 0.166 e. The molecule has 22 heavy (non-hydrogen) atoms. The van der Waals surface area contributed by atoms with E-state index in [0.29, 0.717) is 12.8 Å². The molecule has 1 aromatic rings. The molecule has 2 fully saturated rings. The van der Waals surface area contributed by atoms with Gasteiger partial charge in [0.1, 0.15) is 0 Å². The molecule has 3 rings (SSSR count). The number of benzene rings is 1. The van der Waals surface area contributed by atoms with Crippen LogP contribution in [0.25, 0.3) is 0 Å². The van der Waals surface area contributed by atoms with Crippen molar-refractivity contribution in [2.45, 2.75) is 62.4 Å². The maximum absolute atomic E-state index is 12.8. The van der Waals surface area contributed by atoms with E-state index in [1.165, 1.54) is 0 Å². The number of fused-ring (bicyclic) bond motifs is 2. The van der Waals surface area contributed by atoms with Gasteiger partial charge in [0.15, 0.2) is 15.6 Å². The Kier molecular flexibility index (Phi) is 3.71. The fraction of sp³-hybridized carbons (Fsp3) is 0.611. The molecule has 1 aromatic carbocycles. The van der Waals surface area contributed by atoms with E-state index >= 15 is 0 Å². The van der Waals surface area contributed by atoms with Gasteiger partial charge in [0, 0.05) is 11.5 Å². The van der Waals surface area contributed by atoms with Gasteiger partial charge in [-0.2, -0.15) is 0 Å². The summed E-state index contributed by atoms with van der Waals surface area (Å²) in [6.45, 7) is 6.39. The molecule has 0 aromatic heterocycles. The second-order valence-electron chi connectivity index (χ2n) is 7.77. The summed E-state index contributed by atoms with van der Waals surface area (Å²) in [4.78, 5) is 12.8. The van der Waals surface area contributed by atoms with Crippen molar-refractivity contribution in [3.05, 3.63) is 35.4 Å². The van der Waals surface area contributed by atoms with Crippen molar-refractivity contribution in [1.29, 1.82) is 0 Å². The van der Waals surface area contributed by atoms with Crippen LogP contribution in [0.3, 0.4) is 0 Å². The second-order valence-corrected chi connectivity index (χ2v) is 10.3. The zero-order chi connectivity index (χ0) is 16.1. The molecule has 0 radical (unpaired) electrons. The summed E-state index contributed by atoms with van der Waals surface area (Å²) in [5, 5.41) is -0.572. The molecule has 4 heteroatoms. The normalized spacial score (nSPS) is 30.2. The molecule has 2 aliphatic rings. The largest absolute Gasteiger partial charge is 0.294 e. The monoisotopic (exact) mass is 320 g/mol. The van der Waals surface area contributed by atoms with Gasteiger partial charge in [-0.3, -0.25) is 4.79 Å². The lowest BCUT2D eigenvalue weighted by molar-refractivity contribution is 0.0905. The van der Waals surface area contributed by atoms with E-state index in [0.717, 1.165) is 24.0 Å². The zero-order valence-electron chi connectivity index (χ0n) is 13.5. The van der Waals surface area contributed by atoms with Crippen LogP contribution in [0.5, 0.6) is 0 Å². The molecule has 2 aliphatic heterocycles. The molecule has 2 atom stereocenters. The Morgan fingerprint density at radius 3 is 2.23 bits per heavy atom. The first kappa shape index (κ1) is 15.7. The second kappa shape index (κ2) is 5.19. The van der Waals surface area contributed by atoms with Crippen molar-refractivity contribution in [2.75, 3.05) is 0 Å². The van der Waals surface area contributed by atoms with Crippen LogP contribution in [-0.2, 0) is 15.3 Å². The number of rotatable bonds is 2. The van der Waals surface area contributed by atoms with Crippen LogP contribution in [0.1, 0.15) is 62.4 Å². The van der Waals surface area contributed by atoms with Gasteiger partial charge in [0.05, 0.1) is 10.5 Å². The highest BCUT2D eigenvalue weighted by Crippen LogP contribution is 2.42. The first-order valence-electron chi connectivity index (χ1n) is 8.07. The molecule has 0 N–H and O–H groups in total. The lowest BCUT2D eigenvalue weighted by Crippen LogP contribution is -2.36. The highest BCUT2D eigenvalue weighted by atomic mass is 32.2. The number of ketones is 1. The Morgan fingerprint density at radius 2 is 1.68 bits per heavy atom. The van der Waals surface area contributed by atoms with Gasteiger partial charge >= 0.3 is 0 Å². The maximum Gasteiger partial charge on any atom is 0.166 e. The van der Waals surface area contributed by atoms with Gasteiger partial charge in [-0.25, -0.2) is 8.42 Å². The molecule has 0 amide bonds. The topological polar surface area (TPSA) is 51.2 Å².